The first kappa shape index (κ1) is 10.6. The number of anilines is 2. The Morgan fingerprint density at radius 2 is 2.39 bits per heavy atom. The van der Waals surface area contributed by atoms with Crippen LogP contribution in [0, 0.1) is 0 Å². The molecule has 0 atom stereocenters. The van der Waals surface area contributed by atoms with E-state index in [0.29, 0.717) is 12.2 Å². The lowest BCUT2D eigenvalue weighted by Crippen LogP contribution is -2.19. The largest absolute Gasteiger partial charge is 0.490 e. The number of aromatic nitrogens is 1. The third-order valence-electron chi connectivity index (χ3n) is 2.57. The summed E-state index contributed by atoms with van der Waals surface area (Å²) in [6.07, 6.45) is 2.87. The second kappa shape index (κ2) is 4.40. The second-order valence-corrected chi connectivity index (χ2v) is 3.78. The van der Waals surface area contributed by atoms with Crippen LogP contribution in [0.1, 0.15) is 10.4 Å². The number of carbonyl (C=O) groups is 1. The second-order valence-electron chi connectivity index (χ2n) is 3.78. The van der Waals surface area contributed by atoms with E-state index in [1.54, 1.807) is 18.2 Å². The summed E-state index contributed by atoms with van der Waals surface area (Å²) in [7, 11) is 0. The van der Waals surface area contributed by atoms with Crippen LogP contribution in [0.15, 0.2) is 35.1 Å². The summed E-state index contributed by atoms with van der Waals surface area (Å²) < 4.78 is 10.4. The van der Waals surface area contributed by atoms with Crippen molar-refractivity contribution in [2.45, 2.75) is 0 Å². The Bertz CT molecular complexity index is 566. The predicted molar refractivity (Wildman–Crippen MR) is 64.9 cm³/mol. The Labute approximate surface area is 103 Å². The minimum absolute atomic E-state index is 0.182. The van der Waals surface area contributed by atoms with Gasteiger partial charge in [0.25, 0.3) is 5.91 Å². The van der Waals surface area contributed by atoms with E-state index in [9.17, 15) is 4.79 Å². The van der Waals surface area contributed by atoms with Gasteiger partial charge in [0.2, 0.25) is 0 Å². The molecule has 1 aromatic heterocycles. The number of ether oxygens (including phenoxy) is 1. The first-order valence-corrected chi connectivity index (χ1v) is 5.54. The Kier molecular flexibility index (Phi) is 2.60. The monoisotopic (exact) mass is 245 g/mol. The van der Waals surface area contributed by atoms with Crippen molar-refractivity contribution in [3.05, 3.63) is 36.2 Å². The standard InChI is InChI=1S/C12H11N3O3/c16-11(15-12-14-4-6-18-12)8-1-2-10-9(7-8)13-3-5-17-10/h1-2,4,6-7,13H,3,5H2,(H,14,15,16). The van der Waals surface area contributed by atoms with E-state index in [4.69, 9.17) is 9.15 Å². The van der Waals surface area contributed by atoms with Crippen molar-refractivity contribution in [3.8, 4) is 5.75 Å². The number of carbonyl (C=O) groups excluding carboxylic acids is 1. The molecule has 2 aromatic rings. The van der Waals surface area contributed by atoms with Gasteiger partial charge in [-0.2, -0.15) is 0 Å². The van der Waals surface area contributed by atoms with Gasteiger partial charge in [-0.3, -0.25) is 10.1 Å². The fourth-order valence-electron chi connectivity index (χ4n) is 1.74. The van der Waals surface area contributed by atoms with E-state index >= 15 is 0 Å². The van der Waals surface area contributed by atoms with E-state index in [-0.39, 0.29) is 11.9 Å². The van der Waals surface area contributed by atoms with Crippen LogP contribution in [-0.4, -0.2) is 24.0 Å². The number of fused-ring (bicyclic) bond motifs is 1. The van der Waals surface area contributed by atoms with Gasteiger partial charge in [0.05, 0.1) is 11.9 Å². The van der Waals surface area contributed by atoms with Gasteiger partial charge >= 0.3 is 6.01 Å². The summed E-state index contributed by atoms with van der Waals surface area (Å²) in [5, 5.41) is 5.73. The van der Waals surface area contributed by atoms with Crippen molar-refractivity contribution < 1.29 is 13.9 Å². The van der Waals surface area contributed by atoms with Gasteiger partial charge in [0, 0.05) is 12.1 Å². The number of hydrogen-bond acceptors (Lipinski definition) is 5. The molecule has 1 aromatic carbocycles. The average molecular weight is 245 g/mol. The Morgan fingerprint density at radius 3 is 3.22 bits per heavy atom. The van der Waals surface area contributed by atoms with Crippen molar-refractivity contribution in [2.75, 3.05) is 23.8 Å². The molecule has 2 heterocycles. The van der Waals surface area contributed by atoms with Crippen molar-refractivity contribution in [1.29, 1.82) is 0 Å². The smallest absolute Gasteiger partial charge is 0.301 e. The summed E-state index contributed by atoms with van der Waals surface area (Å²) in [6, 6.07) is 5.39. The van der Waals surface area contributed by atoms with Gasteiger partial charge in [-0.05, 0) is 18.2 Å². The molecule has 0 unspecified atom stereocenters. The molecule has 3 rings (SSSR count). The zero-order chi connectivity index (χ0) is 12.4. The van der Waals surface area contributed by atoms with Gasteiger partial charge in [-0.25, -0.2) is 4.98 Å². The maximum Gasteiger partial charge on any atom is 0.301 e. The highest BCUT2D eigenvalue weighted by molar-refractivity contribution is 6.04. The molecular formula is C12H11N3O3. The lowest BCUT2D eigenvalue weighted by molar-refractivity contribution is 0.102. The van der Waals surface area contributed by atoms with Crippen LogP contribution in [0.5, 0.6) is 5.75 Å². The lowest BCUT2D eigenvalue weighted by Gasteiger charge is -2.19. The number of nitrogens with zero attached hydrogens (tertiary/aromatic N) is 1. The summed E-state index contributed by atoms with van der Waals surface area (Å²) >= 11 is 0. The molecule has 2 N–H and O–H groups in total. The molecule has 0 saturated heterocycles. The first-order chi connectivity index (χ1) is 8.83. The SMILES string of the molecule is O=C(Nc1ncco1)c1ccc2c(c1)NCCO2. The van der Waals surface area contributed by atoms with Crippen molar-refractivity contribution in [3.63, 3.8) is 0 Å². The quantitative estimate of drug-likeness (QED) is 0.842. The van der Waals surface area contributed by atoms with Crippen molar-refractivity contribution >= 4 is 17.6 Å². The van der Waals surface area contributed by atoms with Crippen molar-refractivity contribution in [2.24, 2.45) is 0 Å². The molecule has 0 saturated carbocycles. The molecule has 1 aliphatic heterocycles. The number of oxazole rings is 1. The maximum absolute atomic E-state index is 11.9. The molecule has 6 heteroatoms. The number of amides is 1. The van der Waals surface area contributed by atoms with Crippen LogP contribution in [0.2, 0.25) is 0 Å². The van der Waals surface area contributed by atoms with Gasteiger partial charge in [0.15, 0.2) is 0 Å². The normalized spacial score (nSPS) is 13.1. The molecule has 92 valence electrons. The summed E-state index contributed by atoms with van der Waals surface area (Å²) in [4.78, 5) is 15.7. The molecule has 0 fully saturated rings. The molecule has 0 aliphatic carbocycles. The molecule has 0 radical (unpaired) electrons. The Hall–Kier alpha value is -2.50. The van der Waals surface area contributed by atoms with Gasteiger partial charge in [0.1, 0.15) is 18.6 Å². The molecular weight excluding hydrogens is 234 g/mol. The number of hydrogen-bond donors (Lipinski definition) is 2. The Balaban J connectivity index is 1.81. The minimum atomic E-state index is -0.271. The van der Waals surface area contributed by atoms with Gasteiger partial charge in [-0.1, -0.05) is 0 Å². The third-order valence-corrected chi connectivity index (χ3v) is 2.57. The fourth-order valence-corrected chi connectivity index (χ4v) is 1.74. The molecule has 0 bridgehead atoms. The van der Waals surface area contributed by atoms with Crippen LogP contribution in [0.3, 0.4) is 0 Å². The van der Waals surface area contributed by atoms with Crippen LogP contribution < -0.4 is 15.4 Å². The third kappa shape index (κ3) is 2.00. The fraction of sp³-hybridized carbons (Fsp3) is 0.167. The van der Waals surface area contributed by atoms with E-state index in [1.165, 1.54) is 12.5 Å². The predicted octanol–water partition coefficient (Wildman–Crippen LogP) is 1.73. The molecule has 18 heavy (non-hydrogen) atoms. The molecule has 1 amide bonds. The van der Waals surface area contributed by atoms with Crippen LogP contribution in [0.25, 0.3) is 0 Å². The van der Waals surface area contributed by atoms with Gasteiger partial charge < -0.3 is 14.5 Å². The summed E-state index contributed by atoms with van der Waals surface area (Å²) in [5.74, 6) is 0.488. The number of rotatable bonds is 2. The highest BCUT2D eigenvalue weighted by Crippen LogP contribution is 2.28. The molecule has 6 nitrogen and oxygen atoms in total. The van der Waals surface area contributed by atoms with E-state index in [1.807, 2.05) is 0 Å². The summed E-state index contributed by atoms with van der Waals surface area (Å²) in [6.45, 7) is 1.37. The zero-order valence-electron chi connectivity index (χ0n) is 9.47. The number of nitrogens with one attached hydrogen (secondary N) is 2. The first-order valence-electron chi connectivity index (χ1n) is 5.54. The highest BCUT2D eigenvalue weighted by Gasteiger charge is 2.14. The van der Waals surface area contributed by atoms with Crippen LogP contribution in [-0.2, 0) is 0 Å². The van der Waals surface area contributed by atoms with E-state index in [2.05, 4.69) is 15.6 Å². The lowest BCUT2D eigenvalue weighted by atomic mass is 10.1. The Morgan fingerprint density at radius 1 is 1.44 bits per heavy atom. The maximum atomic E-state index is 11.9. The average Bonchev–Trinajstić information content (AvgIpc) is 2.91. The van der Waals surface area contributed by atoms with Crippen LogP contribution in [0.4, 0.5) is 11.7 Å². The highest BCUT2D eigenvalue weighted by atomic mass is 16.5. The topological polar surface area (TPSA) is 76.4 Å². The minimum Gasteiger partial charge on any atom is -0.490 e. The van der Waals surface area contributed by atoms with Crippen LogP contribution >= 0.6 is 0 Å². The van der Waals surface area contributed by atoms with Gasteiger partial charge in [-0.15, -0.1) is 0 Å². The molecule has 0 spiro atoms. The molecule has 1 aliphatic rings. The van der Waals surface area contributed by atoms with E-state index < -0.39 is 0 Å². The van der Waals surface area contributed by atoms with Crippen molar-refractivity contribution in [1.82, 2.24) is 4.98 Å². The number of benzene rings is 1. The zero-order valence-corrected chi connectivity index (χ0v) is 9.47. The van der Waals surface area contributed by atoms with E-state index in [0.717, 1.165) is 18.0 Å². The summed E-state index contributed by atoms with van der Waals surface area (Å²) in [5.41, 5.74) is 1.34.